The number of aryl methyl sites for hydroxylation is 1. The number of aromatic nitrogens is 2. The molecule has 0 unspecified atom stereocenters. The number of hydrogen-bond donors (Lipinski definition) is 2. The second-order valence-corrected chi connectivity index (χ2v) is 7.09. The number of nitrogens with zero attached hydrogens (tertiary/aromatic N) is 3. The zero-order chi connectivity index (χ0) is 16.8. The number of benzene rings is 1. The van der Waals surface area contributed by atoms with Crippen LogP contribution in [0.2, 0.25) is 0 Å². The van der Waals surface area contributed by atoms with Gasteiger partial charge in [0.1, 0.15) is 0 Å². The third kappa shape index (κ3) is 4.17. The first-order valence-electron chi connectivity index (χ1n) is 8.40. The summed E-state index contributed by atoms with van der Waals surface area (Å²) in [7, 11) is 1.82. The Morgan fingerprint density at radius 3 is 2.79 bits per heavy atom. The quantitative estimate of drug-likeness (QED) is 0.434. The predicted octanol–water partition coefficient (Wildman–Crippen LogP) is 2.93. The molecule has 0 saturated heterocycles. The van der Waals surface area contributed by atoms with Crippen molar-refractivity contribution in [1.29, 1.82) is 0 Å². The van der Waals surface area contributed by atoms with Crippen LogP contribution >= 0.6 is 15.9 Å². The summed E-state index contributed by atoms with van der Waals surface area (Å²) < 4.78 is 3.15. The number of halogens is 1. The Hall–Kier alpha value is -1.82. The largest absolute Gasteiger partial charge is 0.356 e. The van der Waals surface area contributed by atoms with Gasteiger partial charge in [0.15, 0.2) is 5.96 Å². The molecule has 0 bridgehead atoms. The van der Waals surface area contributed by atoms with Crippen LogP contribution in [0, 0.1) is 0 Å². The first-order valence-corrected chi connectivity index (χ1v) is 9.20. The van der Waals surface area contributed by atoms with Crippen molar-refractivity contribution in [2.24, 2.45) is 4.99 Å². The number of guanidine groups is 1. The second kappa shape index (κ2) is 7.83. The molecule has 1 saturated carbocycles. The molecule has 1 aliphatic carbocycles. The monoisotopic (exact) mass is 389 g/mol. The van der Waals surface area contributed by atoms with E-state index in [9.17, 15) is 0 Å². The lowest BCUT2D eigenvalue weighted by molar-refractivity contribution is 0.567. The number of nitrogens with one attached hydrogen (secondary N) is 2. The maximum Gasteiger partial charge on any atom is 0.191 e. The Morgan fingerprint density at radius 1 is 1.29 bits per heavy atom. The van der Waals surface area contributed by atoms with Gasteiger partial charge in [0.25, 0.3) is 0 Å². The van der Waals surface area contributed by atoms with E-state index < -0.39 is 0 Å². The van der Waals surface area contributed by atoms with Crippen molar-refractivity contribution in [2.45, 2.75) is 31.2 Å². The van der Waals surface area contributed by atoms with Gasteiger partial charge in [-0.3, -0.25) is 9.67 Å². The molecule has 5 nitrogen and oxygen atoms in total. The van der Waals surface area contributed by atoms with Crippen molar-refractivity contribution in [3.8, 4) is 0 Å². The molecule has 0 radical (unpaired) electrons. The van der Waals surface area contributed by atoms with Gasteiger partial charge in [-0.05, 0) is 37.0 Å². The maximum atomic E-state index is 4.33. The first-order chi connectivity index (χ1) is 11.7. The molecule has 1 fully saturated rings. The van der Waals surface area contributed by atoms with Crippen molar-refractivity contribution in [2.75, 3.05) is 20.1 Å². The highest BCUT2D eigenvalue weighted by Gasteiger charge is 2.45. The predicted molar refractivity (Wildman–Crippen MR) is 101 cm³/mol. The van der Waals surface area contributed by atoms with Gasteiger partial charge < -0.3 is 10.6 Å². The SMILES string of the molecule is CN=C(NCCCn1cccn1)NCC1(c2ccccc2Br)CC1. The molecule has 0 atom stereocenters. The van der Waals surface area contributed by atoms with Crippen molar-refractivity contribution < 1.29 is 0 Å². The van der Waals surface area contributed by atoms with Gasteiger partial charge in [-0.2, -0.15) is 5.10 Å². The van der Waals surface area contributed by atoms with E-state index >= 15 is 0 Å². The Kier molecular flexibility index (Phi) is 5.56. The molecule has 0 aliphatic heterocycles. The van der Waals surface area contributed by atoms with Gasteiger partial charge >= 0.3 is 0 Å². The Balaban J connectivity index is 1.45. The fourth-order valence-electron chi connectivity index (χ4n) is 2.94. The van der Waals surface area contributed by atoms with E-state index in [1.807, 2.05) is 30.2 Å². The summed E-state index contributed by atoms with van der Waals surface area (Å²) in [4.78, 5) is 4.33. The molecule has 0 amide bonds. The van der Waals surface area contributed by atoms with Crippen LogP contribution in [0.15, 0.2) is 52.2 Å². The summed E-state index contributed by atoms with van der Waals surface area (Å²) in [6, 6.07) is 10.5. The molecular weight excluding hydrogens is 366 g/mol. The van der Waals surface area contributed by atoms with E-state index in [-0.39, 0.29) is 5.41 Å². The fraction of sp³-hybridized carbons (Fsp3) is 0.444. The highest BCUT2D eigenvalue weighted by atomic mass is 79.9. The minimum Gasteiger partial charge on any atom is -0.356 e. The lowest BCUT2D eigenvalue weighted by Crippen LogP contribution is -2.41. The standard InChI is InChI=1S/C18H24BrN5/c1-20-17(21-10-4-12-24-13-5-11-23-24)22-14-18(8-9-18)15-6-2-3-7-16(15)19/h2-3,5-7,11,13H,4,8-10,12,14H2,1H3,(H2,20,21,22). The van der Waals surface area contributed by atoms with Crippen molar-refractivity contribution in [3.63, 3.8) is 0 Å². The van der Waals surface area contributed by atoms with E-state index in [0.717, 1.165) is 32.0 Å². The lowest BCUT2D eigenvalue weighted by atomic mass is 9.96. The van der Waals surface area contributed by atoms with Gasteiger partial charge in [-0.15, -0.1) is 0 Å². The van der Waals surface area contributed by atoms with E-state index in [1.165, 1.54) is 22.9 Å². The van der Waals surface area contributed by atoms with Crippen molar-refractivity contribution in [1.82, 2.24) is 20.4 Å². The molecule has 128 valence electrons. The Labute approximate surface area is 151 Å². The minimum absolute atomic E-state index is 0.243. The number of aliphatic imine (C=N–C) groups is 1. The summed E-state index contributed by atoms with van der Waals surface area (Å²) >= 11 is 3.68. The van der Waals surface area contributed by atoms with Crippen LogP contribution in [0.4, 0.5) is 0 Å². The van der Waals surface area contributed by atoms with E-state index in [4.69, 9.17) is 0 Å². The van der Waals surface area contributed by atoms with Crippen LogP contribution < -0.4 is 10.6 Å². The minimum atomic E-state index is 0.243. The molecule has 1 aliphatic rings. The summed E-state index contributed by atoms with van der Waals surface area (Å²) in [5, 5.41) is 11.1. The smallest absolute Gasteiger partial charge is 0.191 e. The molecule has 6 heteroatoms. The highest BCUT2D eigenvalue weighted by Crippen LogP contribution is 2.49. The average molecular weight is 390 g/mol. The van der Waals surface area contributed by atoms with Crippen LogP contribution in [0.3, 0.4) is 0 Å². The fourth-order valence-corrected chi connectivity index (χ4v) is 3.64. The average Bonchev–Trinajstić information content (AvgIpc) is 3.20. The van der Waals surface area contributed by atoms with Crippen LogP contribution in [0.1, 0.15) is 24.8 Å². The van der Waals surface area contributed by atoms with Gasteiger partial charge in [0.2, 0.25) is 0 Å². The molecule has 3 rings (SSSR count). The number of rotatable bonds is 7. The van der Waals surface area contributed by atoms with E-state index in [2.05, 4.69) is 60.9 Å². The van der Waals surface area contributed by atoms with Gasteiger partial charge in [0.05, 0.1) is 0 Å². The summed E-state index contributed by atoms with van der Waals surface area (Å²) in [5.41, 5.74) is 1.64. The van der Waals surface area contributed by atoms with Crippen LogP contribution in [0.25, 0.3) is 0 Å². The molecule has 1 aromatic heterocycles. The molecule has 0 spiro atoms. The topological polar surface area (TPSA) is 54.2 Å². The third-order valence-corrected chi connectivity index (χ3v) is 5.22. The van der Waals surface area contributed by atoms with Crippen molar-refractivity contribution in [3.05, 3.63) is 52.8 Å². The summed E-state index contributed by atoms with van der Waals surface area (Å²) in [6.45, 7) is 2.70. The normalized spacial score (nSPS) is 16.0. The maximum absolute atomic E-state index is 4.33. The first kappa shape index (κ1) is 17.0. The van der Waals surface area contributed by atoms with E-state index in [0.29, 0.717) is 0 Å². The third-order valence-electron chi connectivity index (χ3n) is 4.53. The molecule has 24 heavy (non-hydrogen) atoms. The highest BCUT2D eigenvalue weighted by molar-refractivity contribution is 9.10. The zero-order valence-corrected chi connectivity index (χ0v) is 15.6. The summed E-state index contributed by atoms with van der Waals surface area (Å²) in [6.07, 6.45) is 7.25. The van der Waals surface area contributed by atoms with Crippen LogP contribution in [-0.4, -0.2) is 35.9 Å². The molecule has 1 aromatic carbocycles. The molecular formula is C18H24BrN5. The van der Waals surface area contributed by atoms with Gasteiger partial charge in [-0.25, -0.2) is 0 Å². The molecule has 1 heterocycles. The van der Waals surface area contributed by atoms with Gasteiger partial charge in [-0.1, -0.05) is 34.1 Å². The summed E-state index contributed by atoms with van der Waals surface area (Å²) in [5.74, 6) is 0.869. The van der Waals surface area contributed by atoms with Crippen LogP contribution in [-0.2, 0) is 12.0 Å². The number of hydrogen-bond acceptors (Lipinski definition) is 2. The van der Waals surface area contributed by atoms with Gasteiger partial charge in [0, 0.05) is 49.0 Å². The Bertz CT molecular complexity index is 676. The lowest BCUT2D eigenvalue weighted by Gasteiger charge is -2.20. The molecule has 2 N–H and O–H groups in total. The van der Waals surface area contributed by atoms with Crippen molar-refractivity contribution >= 4 is 21.9 Å². The molecule has 2 aromatic rings. The zero-order valence-electron chi connectivity index (χ0n) is 14.0. The Morgan fingerprint density at radius 2 is 2.12 bits per heavy atom. The van der Waals surface area contributed by atoms with E-state index in [1.54, 1.807) is 0 Å². The second-order valence-electron chi connectivity index (χ2n) is 6.24. The van der Waals surface area contributed by atoms with Crippen LogP contribution in [0.5, 0.6) is 0 Å².